The van der Waals surface area contributed by atoms with Crippen LogP contribution in [0, 0.1) is 11.7 Å². The maximum atomic E-state index is 13.2. The zero-order chi connectivity index (χ0) is 12.4. The Hall–Kier alpha value is -0.160. The highest BCUT2D eigenvalue weighted by molar-refractivity contribution is 9.10. The first kappa shape index (κ1) is 15.9. The van der Waals surface area contributed by atoms with E-state index < -0.39 is 0 Å². The molecule has 0 amide bonds. The molecule has 1 aliphatic rings. The van der Waals surface area contributed by atoms with Crippen LogP contribution < -0.4 is 5.73 Å². The highest BCUT2D eigenvalue weighted by Gasteiger charge is 2.28. The summed E-state index contributed by atoms with van der Waals surface area (Å²) in [5, 5.41) is 0. The molecule has 1 aromatic rings. The highest BCUT2D eigenvalue weighted by Crippen LogP contribution is 2.27. The second-order valence-electron chi connectivity index (χ2n) is 4.85. The van der Waals surface area contributed by atoms with Gasteiger partial charge in [0.15, 0.2) is 0 Å². The molecule has 1 aromatic carbocycles. The molecule has 0 saturated carbocycles. The molecule has 0 aromatic heterocycles. The maximum absolute atomic E-state index is 13.2. The van der Waals surface area contributed by atoms with Crippen LogP contribution in [0.3, 0.4) is 0 Å². The van der Waals surface area contributed by atoms with Gasteiger partial charge in [-0.2, -0.15) is 0 Å². The summed E-state index contributed by atoms with van der Waals surface area (Å²) in [4.78, 5) is 2.37. The van der Waals surface area contributed by atoms with Crippen molar-refractivity contribution in [2.75, 3.05) is 13.1 Å². The maximum Gasteiger partial charge on any atom is 0.123 e. The fraction of sp³-hybridized carbons (Fsp3) is 0.538. The first-order chi connectivity index (χ1) is 8.10. The van der Waals surface area contributed by atoms with E-state index in [2.05, 4.69) is 27.8 Å². The molecule has 0 radical (unpaired) electrons. The first-order valence-electron chi connectivity index (χ1n) is 5.98. The van der Waals surface area contributed by atoms with Crippen LogP contribution in [0.5, 0.6) is 0 Å². The van der Waals surface area contributed by atoms with Crippen molar-refractivity contribution in [3.63, 3.8) is 0 Å². The van der Waals surface area contributed by atoms with Gasteiger partial charge in [0.25, 0.3) is 0 Å². The van der Waals surface area contributed by atoms with E-state index in [4.69, 9.17) is 5.73 Å². The summed E-state index contributed by atoms with van der Waals surface area (Å²) in [5.41, 5.74) is 6.72. The molecule has 2 unspecified atom stereocenters. The number of likely N-dealkylation sites (tertiary alicyclic amines) is 1. The van der Waals surface area contributed by atoms with E-state index >= 15 is 0 Å². The minimum atomic E-state index is -0.176. The number of halogens is 3. The topological polar surface area (TPSA) is 29.3 Å². The van der Waals surface area contributed by atoms with Gasteiger partial charge in [-0.15, -0.1) is 12.4 Å². The lowest BCUT2D eigenvalue weighted by Crippen LogP contribution is -2.27. The van der Waals surface area contributed by atoms with Crippen LogP contribution in [0.25, 0.3) is 0 Å². The second kappa shape index (κ2) is 6.85. The Morgan fingerprint density at radius 2 is 2.22 bits per heavy atom. The van der Waals surface area contributed by atoms with E-state index in [9.17, 15) is 4.39 Å². The van der Waals surface area contributed by atoms with Crippen LogP contribution in [-0.4, -0.2) is 24.0 Å². The molecule has 102 valence electrons. The lowest BCUT2D eigenvalue weighted by atomic mass is 10.1. The van der Waals surface area contributed by atoms with Crippen LogP contribution in [-0.2, 0) is 6.54 Å². The van der Waals surface area contributed by atoms with Gasteiger partial charge in [-0.1, -0.05) is 15.9 Å². The average molecular weight is 338 g/mol. The van der Waals surface area contributed by atoms with E-state index in [1.54, 1.807) is 12.1 Å². The fourth-order valence-electron chi connectivity index (χ4n) is 2.49. The lowest BCUT2D eigenvalue weighted by molar-refractivity contribution is 0.255. The summed E-state index contributed by atoms with van der Waals surface area (Å²) < 4.78 is 14.2. The molecule has 2 atom stereocenters. The summed E-state index contributed by atoms with van der Waals surface area (Å²) in [7, 11) is 0. The summed E-state index contributed by atoms with van der Waals surface area (Å²) >= 11 is 3.47. The molecule has 1 saturated heterocycles. The van der Waals surface area contributed by atoms with Crippen molar-refractivity contribution in [1.29, 1.82) is 0 Å². The smallest absolute Gasteiger partial charge is 0.123 e. The molecular formula is C13H19BrClFN2. The Kier molecular flexibility index (Phi) is 6.05. The minimum absolute atomic E-state index is 0. The van der Waals surface area contributed by atoms with Crippen LogP contribution in [0.15, 0.2) is 22.7 Å². The van der Waals surface area contributed by atoms with Gasteiger partial charge in [-0.05, 0) is 49.6 Å². The van der Waals surface area contributed by atoms with E-state index in [1.807, 2.05) is 0 Å². The number of nitrogens with two attached hydrogens (primary N) is 1. The van der Waals surface area contributed by atoms with Crippen LogP contribution >= 0.6 is 28.3 Å². The van der Waals surface area contributed by atoms with Gasteiger partial charge < -0.3 is 5.73 Å². The van der Waals surface area contributed by atoms with Crippen LogP contribution in [0.2, 0.25) is 0 Å². The lowest BCUT2D eigenvalue weighted by Gasteiger charge is -2.21. The Morgan fingerprint density at radius 1 is 1.50 bits per heavy atom. The number of rotatable bonds is 3. The minimum Gasteiger partial charge on any atom is -0.330 e. The molecule has 0 aliphatic carbocycles. The van der Waals surface area contributed by atoms with Gasteiger partial charge in [-0.3, -0.25) is 4.90 Å². The number of hydrogen-bond donors (Lipinski definition) is 1. The summed E-state index contributed by atoms with van der Waals surface area (Å²) in [5.74, 6) is 0.405. The van der Waals surface area contributed by atoms with E-state index in [-0.39, 0.29) is 18.2 Å². The molecule has 0 spiro atoms. The predicted octanol–water partition coefficient (Wildman–Crippen LogP) is 3.18. The summed E-state index contributed by atoms with van der Waals surface area (Å²) in [6, 6.07) is 5.38. The Labute approximate surface area is 122 Å². The van der Waals surface area contributed by atoms with Gasteiger partial charge in [0, 0.05) is 23.6 Å². The normalized spacial score (nSPS) is 24.0. The van der Waals surface area contributed by atoms with E-state index in [1.165, 1.54) is 6.07 Å². The largest absolute Gasteiger partial charge is 0.330 e. The molecular weight excluding hydrogens is 319 g/mol. The van der Waals surface area contributed by atoms with Gasteiger partial charge in [0.05, 0.1) is 0 Å². The Balaban J connectivity index is 0.00000162. The van der Waals surface area contributed by atoms with Gasteiger partial charge in [-0.25, -0.2) is 4.39 Å². The molecule has 1 fully saturated rings. The quantitative estimate of drug-likeness (QED) is 0.918. The van der Waals surface area contributed by atoms with Crippen molar-refractivity contribution in [2.45, 2.75) is 25.9 Å². The Bertz CT molecular complexity index is 403. The molecule has 1 aliphatic heterocycles. The third kappa shape index (κ3) is 3.67. The number of nitrogens with zero attached hydrogens (tertiary/aromatic N) is 1. The SMILES string of the molecule is CC1CC(CN)CN1Cc1cc(F)ccc1Br.Cl. The average Bonchev–Trinajstić information content (AvgIpc) is 2.65. The van der Waals surface area contributed by atoms with Gasteiger partial charge >= 0.3 is 0 Å². The molecule has 1 heterocycles. The summed E-state index contributed by atoms with van der Waals surface area (Å²) in [6.07, 6.45) is 1.14. The zero-order valence-electron chi connectivity index (χ0n) is 10.4. The van der Waals surface area contributed by atoms with Crippen LogP contribution in [0.1, 0.15) is 18.9 Å². The third-order valence-corrected chi connectivity index (χ3v) is 4.28. The standard InChI is InChI=1S/C13H18BrFN2.ClH/c1-9-4-10(6-16)7-17(9)8-11-5-12(15)2-3-13(11)14;/h2-3,5,9-10H,4,6-8,16H2,1H3;1H. The zero-order valence-corrected chi connectivity index (χ0v) is 12.8. The van der Waals surface area contributed by atoms with Crippen molar-refractivity contribution in [1.82, 2.24) is 4.90 Å². The monoisotopic (exact) mass is 336 g/mol. The van der Waals surface area contributed by atoms with Crippen molar-refractivity contribution in [3.8, 4) is 0 Å². The van der Waals surface area contributed by atoms with Crippen molar-refractivity contribution >= 4 is 28.3 Å². The summed E-state index contributed by atoms with van der Waals surface area (Å²) in [6.45, 7) is 4.75. The molecule has 2 rings (SSSR count). The molecule has 0 bridgehead atoms. The number of hydrogen-bond acceptors (Lipinski definition) is 2. The van der Waals surface area contributed by atoms with E-state index in [0.717, 1.165) is 36.1 Å². The molecule has 5 heteroatoms. The Morgan fingerprint density at radius 3 is 2.83 bits per heavy atom. The van der Waals surface area contributed by atoms with Crippen LogP contribution in [0.4, 0.5) is 4.39 Å². The molecule has 18 heavy (non-hydrogen) atoms. The molecule has 2 N–H and O–H groups in total. The van der Waals surface area contributed by atoms with Crippen molar-refractivity contribution in [2.24, 2.45) is 11.7 Å². The van der Waals surface area contributed by atoms with Crippen molar-refractivity contribution in [3.05, 3.63) is 34.1 Å². The van der Waals surface area contributed by atoms with Crippen molar-refractivity contribution < 1.29 is 4.39 Å². The number of benzene rings is 1. The first-order valence-corrected chi connectivity index (χ1v) is 6.77. The van der Waals surface area contributed by atoms with E-state index in [0.29, 0.717) is 12.0 Å². The van der Waals surface area contributed by atoms with Gasteiger partial charge in [0.1, 0.15) is 5.82 Å². The second-order valence-corrected chi connectivity index (χ2v) is 5.71. The highest BCUT2D eigenvalue weighted by atomic mass is 79.9. The third-order valence-electron chi connectivity index (χ3n) is 3.51. The fourth-order valence-corrected chi connectivity index (χ4v) is 2.86. The van der Waals surface area contributed by atoms with Gasteiger partial charge in [0.2, 0.25) is 0 Å². The molecule has 2 nitrogen and oxygen atoms in total. The predicted molar refractivity (Wildman–Crippen MR) is 78.4 cm³/mol.